The van der Waals surface area contributed by atoms with Gasteiger partial charge in [-0.25, -0.2) is 0 Å². The van der Waals surface area contributed by atoms with Gasteiger partial charge in [0.1, 0.15) is 6.54 Å². The molecule has 86 valence electrons. The molecule has 0 fully saturated rings. The summed E-state index contributed by atoms with van der Waals surface area (Å²) in [7, 11) is 0. The summed E-state index contributed by atoms with van der Waals surface area (Å²) in [6.07, 6.45) is 5.13. The fraction of sp³-hybridized carbons (Fsp3) is 0.167. The van der Waals surface area contributed by atoms with Gasteiger partial charge in [0.05, 0.1) is 23.2 Å². The van der Waals surface area contributed by atoms with E-state index in [-0.39, 0.29) is 23.7 Å². The molecule has 1 aromatic carbocycles. The highest BCUT2D eigenvalue weighted by molar-refractivity contribution is 6.35. The van der Waals surface area contributed by atoms with Gasteiger partial charge in [-0.1, -0.05) is 29.1 Å². The molecule has 0 bridgehead atoms. The molecule has 0 heterocycles. The number of carbonyl (C=O) groups is 1. The third-order valence-corrected chi connectivity index (χ3v) is 2.55. The van der Waals surface area contributed by atoms with Crippen molar-refractivity contribution in [2.24, 2.45) is 0 Å². The van der Waals surface area contributed by atoms with Crippen molar-refractivity contribution >= 4 is 29.1 Å². The lowest BCUT2D eigenvalue weighted by molar-refractivity contribution is 0.0795. The lowest BCUT2D eigenvalue weighted by Crippen LogP contribution is -2.32. The fourth-order valence-electron chi connectivity index (χ4n) is 1.23. The summed E-state index contributed by atoms with van der Waals surface area (Å²) in [6, 6.07) is 6.43. The molecule has 0 radical (unpaired) electrons. The minimum absolute atomic E-state index is 0.0508. The van der Waals surface area contributed by atoms with Crippen LogP contribution in [0.4, 0.5) is 0 Å². The van der Waals surface area contributed by atoms with E-state index in [4.69, 9.17) is 34.9 Å². The smallest absolute Gasteiger partial charge is 0.257 e. The largest absolute Gasteiger partial charge is 0.314 e. The van der Waals surface area contributed by atoms with Crippen molar-refractivity contribution in [2.75, 3.05) is 13.1 Å². The van der Waals surface area contributed by atoms with Crippen molar-refractivity contribution < 1.29 is 4.79 Å². The number of benzene rings is 1. The molecule has 5 heteroatoms. The van der Waals surface area contributed by atoms with Crippen LogP contribution in [-0.4, -0.2) is 23.9 Å². The number of terminal acetylenes is 1. The van der Waals surface area contributed by atoms with Gasteiger partial charge in [0.15, 0.2) is 0 Å². The van der Waals surface area contributed by atoms with Gasteiger partial charge in [0.25, 0.3) is 5.91 Å². The van der Waals surface area contributed by atoms with Crippen LogP contribution in [0, 0.1) is 23.7 Å². The van der Waals surface area contributed by atoms with E-state index in [0.29, 0.717) is 5.02 Å². The van der Waals surface area contributed by atoms with Gasteiger partial charge in [-0.3, -0.25) is 4.79 Å². The molecule has 3 nitrogen and oxygen atoms in total. The van der Waals surface area contributed by atoms with Crippen molar-refractivity contribution in [2.45, 2.75) is 0 Å². The second kappa shape index (κ2) is 6.15. The third kappa shape index (κ3) is 3.39. The highest BCUT2D eigenvalue weighted by atomic mass is 35.5. The van der Waals surface area contributed by atoms with Gasteiger partial charge < -0.3 is 4.90 Å². The van der Waals surface area contributed by atoms with Gasteiger partial charge in [0.2, 0.25) is 0 Å². The van der Waals surface area contributed by atoms with Gasteiger partial charge in [-0.05, 0) is 18.2 Å². The van der Waals surface area contributed by atoms with E-state index in [1.54, 1.807) is 6.07 Å². The third-order valence-electron chi connectivity index (χ3n) is 1.99. The maximum Gasteiger partial charge on any atom is 0.257 e. The fourth-order valence-corrected chi connectivity index (χ4v) is 1.60. The Morgan fingerprint density at radius 1 is 1.41 bits per heavy atom. The number of hydrogen-bond acceptors (Lipinski definition) is 2. The number of carbonyl (C=O) groups excluding carboxylic acids is 1. The number of nitrogens with zero attached hydrogens (tertiary/aromatic N) is 2. The molecule has 17 heavy (non-hydrogen) atoms. The minimum atomic E-state index is -0.406. The highest BCUT2D eigenvalue weighted by Gasteiger charge is 2.17. The number of hydrogen-bond donors (Lipinski definition) is 0. The van der Waals surface area contributed by atoms with Gasteiger partial charge >= 0.3 is 0 Å². The van der Waals surface area contributed by atoms with Crippen LogP contribution in [0.3, 0.4) is 0 Å². The first kappa shape index (κ1) is 13.4. The highest BCUT2D eigenvalue weighted by Crippen LogP contribution is 2.21. The predicted molar refractivity (Wildman–Crippen MR) is 66.8 cm³/mol. The molecule has 1 aromatic rings. The zero-order valence-electron chi connectivity index (χ0n) is 8.78. The Hall–Kier alpha value is -1.68. The van der Waals surface area contributed by atoms with Crippen LogP contribution in [0.25, 0.3) is 0 Å². The Balaban J connectivity index is 3.06. The van der Waals surface area contributed by atoms with Crippen LogP contribution >= 0.6 is 23.2 Å². The maximum absolute atomic E-state index is 12.0. The molecule has 0 N–H and O–H groups in total. The van der Waals surface area contributed by atoms with E-state index < -0.39 is 5.91 Å². The Bertz CT molecular complexity index is 498. The Kier molecular flexibility index (Phi) is 4.84. The molecule has 0 aromatic heterocycles. The summed E-state index contributed by atoms with van der Waals surface area (Å²) in [6.45, 7) is -0.0406. The Morgan fingerprint density at radius 2 is 2.12 bits per heavy atom. The summed E-state index contributed by atoms with van der Waals surface area (Å²) >= 11 is 11.7. The molecular weight excluding hydrogens is 259 g/mol. The van der Waals surface area contributed by atoms with E-state index >= 15 is 0 Å². The average Bonchev–Trinajstić information content (AvgIpc) is 2.31. The van der Waals surface area contributed by atoms with E-state index in [2.05, 4.69) is 5.92 Å². The minimum Gasteiger partial charge on any atom is -0.314 e. The van der Waals surface area contributed by atoms with Crippen LogP contribution in [0.1, 0.15) is 10.4 Å². The van der Waals surface area contributed by atoms with Crippen LogP contribution < -0.4 is 0 Å². The lowest BCUT2D eigenvalue weighted by Gasteiger charge is -2.17. The summed E-state index contributed by atoms with van der Waals surface area (Å²) in [5, 5.41) is 9.29. The Morgan fingerprint density at radius 3 is 2.71 bits per heavy atom. The zero-order valence-corrected chi connectivity index (χ0v) is 10.3. The van der Waals surface area contributed by atoms with Crippen LogP contribution in [0.2, 0.25) is 10.0 Å². The molecule has 0 aliphatic carbocycles. The maximum atomic E-state index is 12.0. The van der Waals surface area contributed by atoms with Crippen LogP contribution in [0.15, 0.2) is 18.2 Å². The second-order valence-electron chi connectivity index (χ2n) is 3.15. The zero-order chi connectivity index (χ0) is 12.8. The number of nitriles is 1. The van der Waals surface area contributed by atoms with E-state index in [1.807, 2.05) is 6.07 Å². The van der Waals surface area contributed by atoms with Crippen molar-refractivity contribution in [1.29, 1.82) is 5.26 Å². The van der Waals surface area contributed by atoms with E-state index in [1.165, 1.54) is 17.0 Å². The van der Waals surface area contributed by atoms with Crippen molar-refractivity contribution in [1.82, 2.24) is 4.90 Å². The first-order valence-corrected chi connectivity index (χ1v) is 5.40. The SMILES string of the molecule is C#CCN(CC#N)C(=O)c1cc(Cl)ccc1Cl. The lowest BCUT2D eigenvalue weighted by atomic mass is 10.2. The number of halogens is 2. The molecular formula is C12H8Cl2N2O. The molecule has 0 aliphatic rings. The molecule has 0 spiro atoms. The topological polar surface area (TPSA) is 44.1 Å². The molecule has 0 aliphatic heterocycles. The summed E-state index contributed by atoms with van der Waals surface area (Å²) < 4.78 is 0. The molecule has 1 amide bonds. The Labute approximate surface area is 110 Å². The van der Waals surface area contributed by atoms with Crippen molar-refractivity contribution in [3.05, 3.63) is 33.8 Å². The van der Waals surface area contributed by atoms with Gasteiger partial charge in [-0.2, -0.15) is 5.26 Å². The van der Waals surface area contributed by atoms with Crippen LogP contribution in [-0.2, 0) is 0 Å². The number of rotatable bonds is 3. The first-order chi connectivity index (χ1) is 8.10. The average molecular weight is 267 g/mol. The standard InChI is InChI=1S/C12H8Cl2N2O/c1-2-6-16(7-5-15)12(17)10-8-9(13)3-4-11(10)14/h1,3-4,8H,6-7H2. The predicted octanol–water partition coefficient (Wildman–Crippen LogP) is 2.59. The summed E-state index contributed by atoms with van der Waals surface area (Å²) in [5.74, 6) is 1.91. The van der Waals surface area contributed by atoms with Crippen LogP contribution in [0.5, 0.6) is 0 Å². The van der Waals surface area contributed by atoms with Crippen molar-refractivity contribution in [3.63, 3.8) is 0 Å². The van der Waals surface area contributed by atoms with E-state index in [9.17, 15) is 4.79 Å². The van der Waals surface area contributed by atoms with E-state index in [0.717, 1.165) is 0 Å². The van der Waals surface area contributed by atoms with Gasteiger partial charge in [-0.15, -0.1) is 6.42 Å². The molecule has 0 atom stereocenters. The quantitative estimate of drug-likeness (QED) is 0.624. The molecule has 1 rings (SSSR count). The number of amides is 1. The normalized spacial score (nSPS) is 9.18. The molecule has 0 saturated carbocycles. The molecule has 0 saturated heterocycles. The summed E-state index contributed by atoms with van der Waals surface area (Å²) in [4.78, 5) is 13.3. The van der Waals surface area contributed by atoms with Gasteiger partial charge in [0, 0.05) is 5.02 Å². The molecule has 0 unspecified atom stereocenters. The summed E-state index contributed by atoms with van der Waals surface area (Å²) in [5.41, 5.74) is 0.240. The monoisotopic (exact) mass is 266 g/mol. The first-order valence-electron chi connectivity index (χ1n) is 4.65. The second-order valence-corrected chi connectivity index (χ2v) is 3.99. The van der Waals surface area contributed by atoms with Crippen molar-refractivity contribution in [3.8, 4) is 18.4 Å².